The summed E-state index contributed by atoms with van der Waals surface area (Å²) < 4.78 is 2.33. The fourth-order valence-corrected chi connectivity index (χ4v) is 3.31. The van der Waals surface area contributed by atoms with Crippen LogP contribution in [0.3, 0.4) is 0 Å². The molecule has 0 N–H and O–H groups in total. The van der Waals surface area contributed by atoms with E-state index in [9.17, 15) is 0 Å². The number of likely N-dealkylation sites (N-methyl/N-ethyl adjacent to an activating group) is 1. The minimum Gasteiger partial charge on any atom is -0.323 e. The van der Waals surface area contributed by atoms with Gasteiger partial charge in [-0.25, -0.2) is 4.98 Å². The summed E-state index contributed by atoms with van der Waals surface area (Å²) in [4.78, 5) is 7.33. The van der Waals surface area contributed by atoms with Crippen molar-refractivity contribution in [2.24, 2.45) is 0 Å². The summed E-state index contributed by atoms with van der Waals surface area (Å²) in [6, 6.07) is 14.4. The lowest BCUT2D eigenvalue weighted by Crippen LogP contribution is -2.27. The normalized spacial score (nSPS) is 11.5. The van der Waals surface area contributed by atoms with Gasteiger partial charge in [0.1, 0.15) is 5.82 Å². The van der Waals surface area contributed by atoms with E-state index in [0.29, 0.717) is 0 Å². The van der Waals surface area contributed by atoms with Crippen LogP contribution in [0.2, 0.25) is 5.02 Å². The summed E-state index contributed by atoms with van der Waals surface area (Å²) in [5, 5.41) is 0.729. The van der Waals surface area contributed by atoms with E-state index < -0.39 is 0 Å². The Hall–Kier alpha value is -1.84. The summed E-state index contributed by atoms with van der Waals surface area (Å²) in [5.74, 6) is 1.03. The Labute approximate surface area is 148 Å². The maximum Gasteiger partial charge on any atom is 0.141 e. The molecule has 126 valence electrons. The second-order valence-corrected chi connectivity index (χ2v) is 6.50. The predicted molar refractivity (Wildman–Crippen MR) is 103 cm³/mol. The van der Waals surface area contributed by atoms with Crippen molar-refractivity contribution in [3.63, 3.8) is 0 Å². The van der Waals surface area contributed by atoms with Crippen LogP contribution in [-0.4, -0.2) is 34.1 Å². The van der Waals surface area contributed by atoms with Crippen LogP contribution in [0.1, 0.15) is 19.4 Å². The van der Waals surface area contributed by atoms with Gasteiger partial charge in [0.25, 0.3) is 0 Å². The van der Waals surface area contributed by atoms with Gasteiger partial charge in [-0.15, -0.1) is 0 Å². The number of imidazole rings is 1. The van der Waals surface area contributed by atoms with Crippen molar-refractivity contribution in [1.82, 2.24) is 14.5 Å². The van der Waals surface area contributed by atoms with Crippen molar-refractivity contribution in [2.45, 2.75) is 27.3 Å². The number of hydrogen-bond donors (Lipinski definition) is 0. The van der Waals surface area contributed by atoms with E-state index in [2.05, 4.69) is 60.6 Å². The first-order chi connectivity index (χ1) is 11.6. The molecule has 0 fully saturated rings. The predicted octanol–water partition coefficient (Wildman–Crippen LogP) is 5.01. The molecule has 1 aromatic heterocycles. The van der Waals surface area contributed by atoms with Crippen molar-refractivity contribution < 1.29 is 0 Å². The molecule has 24 heavy (non-hydrogen) atoms. The lowest BCUT2D eigenvalue weighted by Gasteiger charge is -2.19. The second kappa shape index (κ2) is 7.37. The first-order valence-electron chi connectivity index (χ1n) is 8.58. The standard InChI is InChI=1S/C20H24ClN3/c1-4-23(5-2)12-13-24-19-11-10-16(21)14-18(19)22-20(24)17-9-7-6-8-15(17)3/h6-11,14H,4-5,12-13H2,1-3H3. The molecule has 0 atom stereocenters. The van der Waals surface area contributed by atoms with E-state index in [1.807, 2.05) is 12.1 Å². The zero-order chi connectivity index (χ0) is 17.1. The average Bonchev–Trinajstić information content (AvgIpc) is 2.93. The quantitative estimate of drug-likeness (QED) is 0.628. The highest BCUT2D eigenvalue weighted by Crippen LogP contribution is 2.28. The van der Waals surface area contributed by atoms with Crippen molar-refractivity contribution in [3.05, 3.63) is 53.1 Å². The number of benzene rings is 2. The van der Waals surface area contributed by atoms with E-state index in [4.69, 9.17) is 16.6 Å². The third-order valence-electron chi connectivity index (χ3n) is 4.63. The zero-order valence-electron chi connectivity index (χ0n) is 14.6. The van der Waals surface area contributed by atoms with E-state index in [1.54, 1.807) is 0 Å². The number of rotatable bonds is 6. The molecule has 0 spiro atoms. The average molecular weight is 342 g/mol. The van der Waals surface area contributed by atoms with E-state index in [-0.39, 0.29) is 0 Å². The van der Waals surface area contributed by atoms with Gasteiger partial charge in [0.05, 0.1) is 11.0 Å². The molecule has 0 radical (unpaired) electrons. The van der Waals surface area contributed by atoms with E-state index in [0.717, 1.165) is 48.1 Å². The summed E-state index contributed by atoms with van der Waals surface area (Å²) in [5.41, 5.74) is 4.53. The van der Waals surface area contributed by atoms with Crippen LogP contribution in [0.25, 0.3) is 22.4 Å². The summed E-state index contributed by atoms with van der Waals surface area (Å²) in [7, 11) is 0. The molecule has 0 unspecified atom stereocenters. The molecule has 0 aliphatic heterocycles. The number of fused-ring (bicyclic) bond motifs is 1. The van der Waals surface area contributed by atoms with Crippen LogP contribution >= 0.6 is 11.6 Å². The zero-order valence-corrected chi connectivity index (χ0v) is 15.3. The first kappa shape index (κ1) is 17.0. The Morgan fingerprint density at radius 1 is 1.08 bits per heavy atom. The van der Waals surface area contributed by atoms with Crippen LogP contribution < -0.4 is 0 Å². The highest BCUT2D eigenvalue weighted by molar-refractivity contribution is 6.31. The van der Waals surface area contributed by atoms with Crippen molar-refractivity contribution in [1.29, 1.82) is 0 Å². The van der Waals surface area contributed by atoms with Crippen LogP contribution in [0.15, 0.2) is 42.5 Å². The second-order valence-electron chi connectivity index (χ2n) is 6.06. The van der Waals surface area contributed by atoms with Crippen molar-refractivity contribution >= 4 is 22.6 Å². The Balaban J connectivity index is 2.10. The van der Waals surface area contributed by atoms with Crippen LogP contribution in [0.4, 0.5) is 0 Å². The molecule has 3 aromatic rings. The molecule has 0 saturated carbocycles. The molecule has 0 aliphatic carbocycles. The van der Waals surface area contributed by atoms with Gasteiger partial charge in [0.15, 0.2) is 0 Å². The minimum absolute atomic E-state index is 0.729. The van der Waals surface area contributed by atoms with Gasteiger partial charge < -0.3 is 9.47 Å². The number of nitrogens with zero attached hydrogens (tertiary/aromatic N) is 3. The summed E-state index contributed by atoms with van der Waals surface area (Å²) >= 11 is 6.17. The van der Waals surface area contributed by atoms with Gasteiger partial charge >= 0.3 is 0 Å². The van der Waals surface area contributed by atoms with Gasteiger partial charge in [0, 0.05) is 23.7 Å². The van der Waals surface area contributed by atoms with Gasteiger partial charge in [-0.3, -0.25) is 0 Å². The highest BCUT2D eigenvalue weighted by Gasteiger charge is 2.15. The Bertz CT molecular complexity index is 834. The fourth-order valence-electron chi connectivity index (χ4n) is 3.14. The Morgan fingerprint density at radius 2 is 1.83 bits per heavy atom. The first-order valence-corrected chi connectivity index (χ1v) is 8.96. The maximum absolute atomic E-state index is 6.17. The molecule has 3 nitrogen and oxygen atoms in total. The largest absolute Gasteiger partial charge is 0.323 e. The van der Waals surface area contributed by atoms with Gasteiger partial charge in [-0.2, -0.15) is 0 Å². The molecule has 0 amide bonds. The molecule has 0 saturated heterocycles. The summed E-state index contributed by atoms with van der Waals surface area (Å²) in [6.45, 7) is 10.6. The number of hydrogen-bond acceptors (Lipinski definition) is 2. The number of aromatic nitrogens is 2. The van der Waals surface area contributed by atoms with Gasteiger partial charge in [-0.05, 0) is 43.8 Å². The van der Waals surface area contributed by atoms with Crippen LogP contribution in [0.5, 0.6) is 0 Å². The molecule has 1 heterocycles. The van der Waals surface area contributed by atoms with E-state index in [1.165, 1.54) is 11.1 Å². The Morgan fingerprint density at radius 3 is 2.54 bits per heavy atom. The number of aryl methyl sites for hydroxylation is 1. The Kier molecular flexibility index (Phi) is 5.22. The molecule has 4 heteroatoms. The topological polar surface area (TPSA) is 21.1 Å². The molecule has 0 aliphatic rings. The lowest BCUT2D eigenvalue weighted by molar-refractivity contribution is 0.292. The van der Waals surface area contributed by atoms with Gasteiger partial charge in [-0.1, -0.05) is 49.7 Å². The van der Waals surface area contributed by atoms with Crippen LogP contribution in [0, 0.1) is 6.92 Å². The van der Waals surface area contributed by atoms with Crippen molar-refractivity contribution in [3.8, 4) is 11.4 Å². The molecular formula is C20H24ClN3. The third-order valence-corrected chi connectivity index (χ3v) is 4.87. The van der Waals surface area contributed by atoms with E-state index >= 15 is 0 Å². The summed E-state index contributed by atoms with van der Waals surface area (Å²) in [6.07, 6.45) is 0. The SMILES string of the molecule is CCN(CC)CCn1c(-c2ccccc2C)nc2cc(Cl)ccc21. The monoisotopic (exact) mass is 341 g/mol. The molecule has 2 aromatic carbocycles. The van der Waals surface area contributed by atoms with Crippen molar-refractivity contribution in [2.75, 3.05) is 19.6 Å². The fraction of sp³-hybridized carbons (Fsp3) is 0.350. The highest BCUT2D eigenvalue weighted by atomic mass is 35.5. The molecule has 0 bridgehead atoms. The molecule has 3 rings (SSSR count). The smallest absolute Gasteiger partial charge is 0.141 e. The number of halogens is 1. The maximum atomic E-state index is 6.17. The van der Waals surface area contributed by atoms with Gasteiger partial charge in [0.2, 0.25) is 0 Å². The lowest BCUT2D eigenvalue weighted by atomic mass is 10.1. The minimum atomic E-state index is 0.729. The third kappa shape index (κ3) is 3.33. The molecular weight excluding hydrogens is 318 g/mol. The van der Waals surface area contributed by atoms with Crippen LogP contribution in [-0.2, 0) is 6.54 Å².